The predicted molar refractivity (Wildman–Crippen MR) is 78.7 cm³/mol. The summed E-state index contributed by atoms with van der Waals surface area (Å²) in [7, 11) is 1.46. The molecule has 4 nitrogen and oxygen atoms in total. The fraction of sp³-hybridized carbons (Fsp3) is 0.0909. The van der Waals surface area contributed by atoms with Gasteiger partial charge in [-0.3, -0.25) is 4.79 Å². The van der Waals surface area contributed by atoms with Crippen molar-refractivity contribution in [1.82, 2.24) is 5.32 Å². The van der Waals surface area contributed by atoms with E-state index in [0.717, 1.165) is 16.2 Å². The first-order valence-corrected chi connectivity index (χ1v) is 6.84. The van der Waals surface area contributed by atoms with Gasteiger partial charge >= 0.3 is 0 Å². The second-order valence-corrected chi connectivity index (χ2v) is 6.03. The van der Waals surface area contributed by atoms with Crippen molar-refractivity contribution < 1.29 is 14.6 Å². The van der Waals surface area contributed by atoms with Crippen molar-refractivity contribution in [3.8, 4) is 11.5 Å². The average Bonchev–Trinajstić information content (AvgIpc) is 2.62. The highest BCUT2D eigenvalue weighted by molar-refractivity contribution is 9.10. The lowest BCUT2D eigenvalue weighted by molar-refractivity contribution is -0.115. The Hall–Kier alpha value is -1.05. The van der Waals surface area contributed by atoms with Crippen LogP contribution >= 0.6 is 39.9 Å². The second kappa shape index (κ2) is 5.29. The van der Waals surface area contributed by atoms with E-state index in [1.165, 1.54) is 7.11 Å². The van der Waals surface area contributed by atoms with Gasteiger partial charge in [0.2, 0.25) is 0 Å². The second-order valence-electron chi connectivity index (χ2n) is 3.40. The van der Waals surface area contributed by atoms with Crippen molar-refractivity contribution in [2.75, 3.05) is 7.11 Å². The van der Waals surface area contributed by atoms with Crippen LogP contribution in [0.3, 0.4) is 0 Å². The van der Waals surface area contributed by atoms with Gasteiger partial charge in [0.15, 0.2) is 11.5 Å². The zero-order valence-corrected chi connectivity index (χ0v) is 12.4. The molecule has 2 rings (SSSR count). The molecule has 0 unspecified atom stereocenters. The number of aromatic hydroxyl groups is 1. The molecular formula is C11H8BrNO3S2. The fourth-order valence-electron chi connectivity index (χ4n) is 1.42. The molecule has 0 saturated carbocycles. The standard InChI is InChI=1S/C11H8BrNO3S2/c1-16-7-4-6(12)2-5(9(7)14)3-8-10(15)13-11(17)18-8/h2-4,14H,1H3,(H,13,15,17)/b8-3+. The maximum absolute atomic E-state index is 11.5. The SMILES string of the molecule is COc1cc(Br)cc(/C=C2/SC(=S)NC2=O)c1O. The Morgan fingerprint density at radius 2 is 2.28 bits per heavy atom. The topological polar surface area (TPSA) is 58.6 Å². The number of halogens is 1. The normalized spacial score (nSPS) is 17.1. The van der Waals surface area contributed by atoms with E-state index in [1.54, 1.807) is 18.2 Å². The van der Waals surface area contributed by atoms with Crippen LogP contribution in [0.15, 0.2) is 21.5 Å². The number of methoxy groups -OCH3 is 1. The van der Waals surface area contributed by atoms with Crippen LogP contribution in [0.5, 0.6) is 11.5 Å². The summed E-state index contributed by atoms with van der Waals surface area (Å²) in [6, 6.07) is 3.34. The molecule has 1 saturated heterocycles. The molecule has 1 amide bonds. The lowest BCUT2D eigenvalue weighted by Crippen LogP contribution is -2.17. The van der Waals surface area contributed by atoms with Gasteiger partial charge in [0.25, 0.3) is 5.91 Å². The zero-order chi connectivity index (χ0) is 13.3. The summed E-state index contributed by atoms with van der Waals surface area (Å²) in [5.41, 5.74) is 0.489. The Morgan fingerprint density at radius 3 is 2.83 bits per heavy atom. The van der Waals surface area contributed by atoms with Crippen LogP contribution in [0.25, 0.3) is 6.08 Å². The molecule has 18 heavy (non-hydrogen) atoms. The molecule has 0 aromatic heterocycles. The molecule has 1 aliphatic heterocycles. The monoisotopic (exact) mass is 345 g/mol. The summed E-state index contributed by atoms with van der Waals surface area (Å²) in [4.78, 5) is 12.0. The van der Waals surface area contributed by atoms with E-state index in [4.69, 9.17) is 17.0 Å². The molecule has 7 heteroatoms. The number of amides is 1. The lowest BCUT2D eigenvalue weighted by Gasteiger charge is -2.07. The van der Waals surface area contributed by atoms with E-state index >= 15 is 0 Å². The maximum Gasteiger partial charge on any atom is 0.263 e. The number of thiocarbonyl (C=S) groups is 1. The Morgan fingerprint density at radius 1 is 1.56 bits per heavy atom. The van der Waals surface area contributed by atoms with Gasteiger partial charge in [-0.25, -0.2) is 0 Å². The van der Waals surface area contributed by atoms with Crippen LogP contribution in [-0.4, -0.2) is 22.4 Å². The molecule has 2 N–H and O–H groups in total. The van der Waals surface area contributed by atoms with Crippen molar-refractivity contribution >= 4 is 56.2 Å². The van der Waals surface area contributed by atoms with Gasteiger partial charge in [-0.1, -0.05) is 39.9 Å². The highest BCUT2D eigenvalue weighted by Gasteiger charge is 2.22. The van der Waals surface area contributed by atoms with Crippen LogP contribution in [0.4, 0.5) is 0 Å². The smallest absolute Gasteiger partial charge is 0.263 e. The summed E-state index contributed by atoms with van der Waals surface area (Å²) < 4.78 is 6.19. The summed E-state index contributed by atoms with van der Waals surface area (Å²) >= 11 is 9.36. The number of carbonyl (C=O) groups is 1. The Kier molecular flexibility index (Phi) is 3.94. The first-order chi connectivity index (χ1) is 8.51. The Balaban J connectivity index is 2.46. The maximum atomic E-state index is 11.5. The van der Waals surface area contributed by atoms with Gasteiger partial charge in [0.1, 0.15) is 4.32 Å². The van der Waals surface area contributed by atoms with E-state index < -0.39 is 0 Å². The minimum Gasteiger partial charge on any atom is -0.504 e. The number of benzene rings is 1. The zero-order valence-electron chi connectivity index (χ0n) is 9.19. The van der Waals surface area contributed by atoms with Gasteiger partial charge in [0.05, 0.1) is 12.0 Å². The molecule has 0 aliphatic carbocycles. The molecule has 1 fully saturated rings. The number of phenolic OH excluding ortho intramolecular Hbond substituents is 1. The molecule has 0 spiro atoms. The van der Waals surface area contributed by atoms with E-state index in [1.807, 2.05) is 0 Å². The van der Waals surface area contributed by atoms with Gasteiger partial charge in [-0.05, 0) is 18.2 Å². The van der Waals surface area contributed by atoms with E-state index in [-0.39, 0.29) is 11.7 Å². The quantitative estimate of drug-likeness (QED) is 0.637. The third-order valence-electron chi connectivity index (χ3n) is 2.22. The highest BCUT2D eigenvalue weighted by Crippen LogP contribution is 2.36. The van der Waals surface area contributed by atoms with Gasteiger partial charge in [0, 0.05) is 10.0 Å². The third kappa shape index (κ3) is 2.68. The number of rotatable bonds is 2. The van der Waals surface area contributed by atoms with Gasteiger partial charge in [-0.15, -0.1) is 0 Å². The first-order valence-electron chi connectivity index (χ1n) is 4.82. The molecular weight excluding hydrogens is 338 g/mol. The number of carbonyl (C=O) groups excluding carboxylic acids is 1. The highest BCUT2D eigenvalue weighted by atomic mass is 79.9. The minimum atomic E-state index is -0.261. The largest absolute Gasteiger partial charge is 0.504 e. The van der Waals surface area contributed by atoms with Crippen LogP contribution in [0.2, 0.25) is 0 Å². The van der Waals surface area contributed by atoms with E-state index in [0.29, 0.717) is 20.5 Å². The van der Waals surface area contributed by atoms with Crippen LogP contribution in [-0.2, 0) is 4.79 Å². The van der Waals surface area contributed by atoms with Gasteiger partial charge in [-0.2, -0.15) is 0 Å². The molecule has 94 valence electrons. The summed E-state index contributed by atoms with van der Waals surface area (Å²) in [6.45, 7) is 0. The number of phenols is 1. The lowest BCUT2D eigenvalue weighted by atomic mass is 10.1. The fourth-order valence-corrected chi connectivity index (χ4v) is 2.91. The molecule has 0 bridgehead atoms. The summed E-state index contributed by atoms with van der Waals surface area (Å²) in [5, 5.41) is 12.5. The third-order valence-corrected chi connectivity index (χ3v) is 3.84. The van der Waals surface area contributed by atoms with Crippen molar-refractivity contribution in [3.05, 3.63) is 27.1 Å². The van der Waals surface area contributed by atoms with Crippen molar-refractivity contribution in [2.45, 2.75) is 0 Å². The molecule has 1 aromatic rings. The molecule has 1 aromatic carbocycles. The number of hydrogen-bond acceptors (Lipinski definition) is 5. The number of hydrogen-bond donors (Lipinski definition) is 2. The van der Waals surface area contributed by atoms with Crippen LogP contribution < -0.4 is 10.1 Å². The Bertz CT molecular complexity index is 572. The van der Waals surface area contributed by atoms with Crippen LogP contribution in [0, 0.1) is 0 Å². The molecule has 0 atom stereocenters. The van der Waals surface area contributed by atoms with Crippen molar-refractivity contribution in [3.63, 3.8) is 0 Å². The number of ether oxygens (including phenoxy) is 1. The molecule has 1 heterocycles. The predicted octanol–water partition coefficient (Wildman–Crippen LogP) is 2.65. The first kappa shape index (κ1) is 13.4. The van der Waals surface area contributed by atoms with E-state index in [9.17, 15) is 9.90 Å². The number of nitrogens with one attached hydrogen (secondary N) is 1. The van der Waals surface area contributed by atoms with Crippen molar-refractivity contribution in [2.24, 2.45) is 0 Å². The van der Waals surface area contributed by atoms with Crippen LogP contribution in [0.1, 0.15) is 5.56 Å². The van der Waals surface area contributed by atoms with Crippen molar-refractivity contribution in [1.29, 1.82) is 0 Å². The van der Waals surface area contributed by atoms with E-state index in [2.05, 4.69) is 21.2 Å². The average molecular weight is 346 g/mol. The summed E-state index contributed by atoms with van der Waals surface area (Å²) in [5.74, 6) is 0.0602. The molecule has 0 radical (unpaired) electrons. The molecule has 1 aliphatic rings. The number of thioether (sulfide) groups is 1. The van der Waals surface area contributed by atoms with Gasteiger partial charge < -0.3 is 15.2 Å². The summed E-state index contributed by atoms with van der Waals surface area (Å²) in [6.07, 6.45) is 1.57. The Labute approximate surface area is 122 Å². The minimum absolute atomic E-state index is 0.0144.